The standard InChI is InChI=1S/C12H24N2O2.ClH/c1-8(9(2)13)12(15)14-10(3)11-4-6-16-7-5-11;/h8-11H,4-7,13H2,1-3H3,(H,14,15);1H. The summed E-state index contributed by atoms with van der Waals surface area (Å²) in [5, 5.41) is 3.06. The van der Waals surface area contributed by atoms with Crippen molar-refractivity contribution in [3.8, 4) is 0 Å². The Morgan fingerprint density at radius 3 is 2.29 bits per heavy atom. The van der Waals surface area contributed by atoms with Gasteiger partial charge in [0.05, 0.1) is 0 Å². The summed E-state index contributed by atoms with van der Waals surface area (Å²) in [5.41, 5.74) is 5.71. The van der Waals surface area contributed by atoms with Gasteiger partial charge in [0, 0.05) is 31.2 Å². The number of carbonyl (C=O) groups is 1. The van der Waals surface area contributed by atoms with Crippen molar-refractivity contribution in [2.24, 2.45) is 17.6 Å². The maximum atomic E-state index is 11.8. The third kappa shape index (κ3) is 5.23. The molecule has 0 bridgehead atoms. The Hall–Kier alpha value is -0.320. The molecule has 5 heteroatoms. The molecule has 0 spiro atoms. The topological polar surface area (TPSA) is 64.4 Å². The number of nitrogens with one attached hydrogen (secondary N) is 1. The van der Waals surface area contributed by atoms with Crippen LogP contribution in [0.15, 0.2) is 0 Å². The first-order valence-electron chi connectivity index (χ1n) is 6.16. The van der Waals surface area contributed by atoms with Crippen LogP contribution in [0.25, 0.3) is 0 Å². The van der Waals surface area contributed by atoms with E-state index < -0.39 is 0 Å². The fourth-order valence-electron chi connectivity index (χ4n) is 1.93. The zero-order valence-electron chi connectivity index (χ0n) is 10.9. The number of hydrogen-bond donors (Lipinski definition) is 2. The lowest BCUT2D eigenvalue weighted by molar-refractivity contribution is -0.126. The number of carbonyl (C=O) groups excluding carboxylic acids is 1. The SMILES string of the molecule is CC(N)C(C)C(=O)NC(C)C1CCOCC1.Cl. The number of halogens is 1. The van der Waals surface area contributed by atoms with Gasteiger partial charge in [-0.3, -0.25) is 4.79 Å². The van der Waals surface area contributed by atoms with Crippen LogP contribution >= 0.6 is 12.4 Å². The lowest BCUT2D eigenvalue weighted by atomic mass is 9.92. The molecule has 17 heavy (non-hydrogen) atoms. The molecule has 3 atom stereocenters. The number of nitrogens with two attached hydrogens (primary N) is 1. The minimum atomic E-state index is -0.123. The molecule has 3 N–H and O–H groups in total. The van der Waals surface area contributed by atoms with Crippen molar-refractivity contribution in [1.82, 2.24) is 5.32 Å². The maximum Gasteiger partial charge on any atom is 0.224 e. The van der Waals surface area contributed by atoms with E-state index >= 15 is 0 Å². The molecule has 1 saturated heterocycles. The molecule has 1 aliphatic rings. The van der Waals surface area contributed by atoms with Gasteiger partial charge in [-0.15, -0.1) is 12.4 Å². The second kappa shape index (κ2) is 7.90. The summed E-state index contributed by atoms with van der Waals surface area (Å²) in [5.74, 6) is 0.481. The van der Waals surface area contributed by atoms with E-state index in [2.05, 4.69) is 12.2 Å². The fourth-order valence-corrected chi connectivity index (χ4v) is 1.93. The van der Waals surface area contributed by atoms with E-state index in [-0.39, 0.29) is 36.3 Å². The molecule has 0 aromatic heterocycles. The number of amides is 1. The summed E-state index contributed by atoms with van der Waals surface area (Å²) in [6.45, 7) is 7.43. The maximum absolute atomic E-state index is 11.8. The van der Waals surface area contributed by atoms with Crippen LogP contribution in [-0.4, -0.2) is 31.2 Å². The van der Waals surface area contributed by atoms with Crippen molar-refractivity contribution < 1.29 is 9.53 Å². The van der Waals surface area contributed by atoms with Crippen molar-refractivity contribution in [1.29, 1.82) is 0 Å². The smallest absolute Gasteiger partial charge is 0.224 e. The molecule has 4 nitrogen and oxygen atoms in total. The molecule has 3 unspecified atom stereocenters. The Morgan fingerprint density at radius 2 is 1.82 bits per heavy atom. The van der Waals surface area contributed by atoms with Crippen LogP contribution < -0.4 is 11.1 Å². The van der Waals surface area contributed by atoms with Gasteiger partial charge in [-0.05, 0) is 32.6 Å². The van der Waals surface area contributed by atoms with E-state index in [9.17, 15) is 4.79 Å². The molecule has 1 amide bonds. The van der Waals surface area contributed by atoms with Crippen LogP contribution in [0.4, 0.5) is 0 Å². The Kier molecular flexibility index (Phi) is 7.75. The second-order valence-corrected chi connectivity index (χ2v) is 4.89. The summed E-state index contributed by atoms with van der Waals surface area (Å²) in [6, 6.07) is 0.125. The molecule has 0 aromatic rings. The fraction of sp³-hybridized carbons (Fsp3) is 0.917. The first-order valence-corrected chi connectivity index (χ1v) is 6.16. The first-order chi connectivity index (χ1) is 7.52. The minimum Gasteiger partial charge on any atom is -0.381 e. The molecule has 102 valence electrons. The molecule has 1 fully saturated rings. The Labute approximate surface area is 110 Å². The van der Waals surface area contributed by atoms with Gasteiger partial charge in [0.25, 0.3) is 0 Å². The van der Waals surface area contributed by atoms with Crippen LogP contribution in [0, 0.1) is 11.8 Å². The van der Waals surface area contributed by atoms with Crippen LogP contribution in [-0.2, 0) is 9.53 Å². The van der Waals surface area contributed by atoms with Crippen molar-refractivity contribution >= 4 is 18.3 Å². The van der Waals surface area contributed by atoms with E-state index in [4.69, 9.17) is 10.5 Å². The van der Waals surface area contributed by atoms with Gasteiger partial charge < -0.3 is 15.8 Å². The monoisotopic (exact) mass is 264 g/mol. The van der Waals surface area contributed by atoms with E-state index in [1.807, 2.05) is 13.8 Å². The van der Waals surface area contributed by atoms with Gasteiger partial charge in [-0.2, -0.15) is 0 Å². The largest absolute Gasteiger partial charge is 0.381 e. The summed E-state index contributed by atoms with van der Waals surface area (Å²) in [6.07, 6.45) is 2.07. The minimum absolute atomic E-state index is 0. The normalized spacial score (nSPS) is 22.1. The average molecular weight is 265 g/mol. The van der Waals surface area contributed by atoms with Gasteiger partial charge in [0.1, 0.15) is 0 Å². The van der Waals surface area contributed by atoms with Crippen molar-refractivity contribution in [2.45, 2.75) is 45.7 Å². The van der Waals surface area contributed by atoms with Gasteiger partial charge in [0.2, 0.25) is 5.91 Å². The highest BCUT2D eigenvalue weighted by Crippen LogP contribution is 2.18. The quantitative estimate of drug-likeness (QED) is 0.805. The highest BCUT2D eigenvalue weighted by Gasteiger charge is 2.24. The van der Waals surface area contributed by atoms with Crippen LogP contribution in [0.1, 0.15) is 33.6 Å². The molecule has 0 aromatic carbocycles. The second-order valence-electron chi connectivity index (χ2n) is 4.89. The zero-order chi connectivity index (χ0) is 12.1. The lowest BCUT2D eigenvalue weighted by Crippen LogP contribution is -2.45. The van der Waals surface area contributed by atoms with Gasteiger partial charge in [0.15, 0.2) is 0 Å². The Balaban J connectivity index is 0.00000256. The molecule has 1 heterocycles. The molecule has 1 rings (SSSR count). The molecule has 1 aliphatic heterocycles. The number of rotatable bonds is 4. The van der Waals surface area contributed by atoms with Gasteiger partial charge >= 0.3 is 0 Å². The number of hydrogen-bond acceptors (Lipinski definition) is 3. The molecular weight excluding hydrogens is 240 g/mol. The molecule has 0 saturated carbocycles. The predicted molar refractivity (Wildman–Crippen MR) is 71.2 cm³/mol. The van der Waals surface area contributed by atoms with Gasteiger partial charge in [-0.25, -0.2) is 0 Å². The van der Waals surface area contributed by atoms with E-state index in [0.717, 1.165) is 26.1 Å². The molecular formula is C12H25ClN2O2. The van der Waals surface area contributed by atoms with E-state index in [1.54, 1.807) is 0 Å². The number of ether oxygens (including phenoxy) is 1. The predicted octanol–water partition coefficient (Wildman–Crippen LogP) is 1.32. The summed E-state index contributed by atoms with van der Waals surface area (Å²) < 4.78 is 5.31. The highest BCUT2D eigenvalue weighted by molar-refractivity contribution is 5.85. The Bertz CT molecular complexity index is 231. The van der Waals surface area contributed by atoms with E-state index in [1.165, 1.54) is 0 Å². The van der Waals surface area contributed by atoms with Crippen molar-refractivity contribution in [3.05, 3.63) is 0 Å². The highest BCUT2D eigenvalue weighted by atomic mass is 35.5. The average Bonchev–Trinajstić information content (AvgIpc) is 2.28. The molecule has 0 radical (unpaired) electrons. The third-order valence-corrected chi connectivity index (χ3v) is 3.55. The summed E-state index contributed by atoms with van der Waals surface area (Å²) in [4.78, 5) is 11.8. The molecule has 0 aliphatic carbocycles. The van der Waals surface area contributed by atoms with Gasteiger partial charge in [-0.1, -0.05) is 6.92 Å². The van der Waals surface area contributed by atoms with Crippen molar-refractivity contribution in [3.63, 3.8) is 0 Å². The first kappa shape index (κ1) is 16.7. The zero-order valence-corrected chi connectivity index (χ0v) is 11.8. The lowest BCUT2D eigenvalue weighted by Gasteiger charge is -2.29. The van der Waals surface area contributed by atoms with Crippen LogP contribution in [0.5, 0.6) is 0 Å². The third-order valence-electron chi connectivity index (χ3n) is 3.55. The summed E-state index contributed by atoms with van der Waals surface area (Å²) in [7, 11) is 0. The van der Waals surface area contributed by atoms with Crippen LogP contribution in [0.2, 0.25) is 0 Å². The van der Waals surface area contributed by atoms with E-state index in [0.29, 0.717) is 5.92 Å². The van der Waals surface area contributed by atoms with Crippen LogP contribution in [0.3, 0.4) is 0 Å². The van der Waals surface area contributed by atoms with Crippen molar-refractivity contribution in [2.75, 3.05) is 13.2 Å². The summed E-state index contributed by atoms with van der Waals surface area (Å²) >= 11 is 0. The Morgan fingerprint density at radius 1 is 1.29 bits per heavy atom.